The molecule has 286 valence electrons. The minimum atomic E-state index is -0.462. The molecule has 0 aliphatic carbocycles. The molecular weight excluding hydrogens is 743 g/mol. The van der Waals surface area contributed by atoms with Crippen LogP contribution in [0.25, 0.3) is 42.1 Å². The molecule has 1 aliphatic heterocycles. The minimum absolute atomic E-state index is 0.145. The fraction of sp³-hybridized carbons (Fsp3) is 0.140. The van der Waals surface area contributed by atoms with Crippen LogP contribution >= 0.6 is 11.3 Å². The fourth-order valence-electron chi connectivity index (χ4n) is 7.70. The van der Waals surface area contributed by atoms with Crippen molar-refractivity contribution in [2.24, 2.45) is 0 Å². The van der Waals surface area contributed by atoms with Crippen molar-refractivity contribution in [1.82, 2.24) is 4.90 Å². The summed E-state index contributed by atoms with van der Waals surface area (Å²) in [6, 6.07) is 46.4. The molecule has 1 fully saturated rings. The Bertz CT molecular complexity index is 2790. The van der Waals surface area contributed by atoms with Crippen LogP contribution in [0.1, 0.15) is 55.9 Å². The highest BCUT2D eigenvalue weighted by Crippen LogP contribution is 2.42. The number of hydrogen-bond acceptors (Lipinski definition) is 8. The molecule has 0 N–H and O–H groups in total. The van der Waals surface area contributed by atoms with Crippen LogP contribution in [0.5, 0.6) is 17.2 Å². The molecule has 0 atom stereocenters. The zero-order chi connectivity index (χ0) is 39.4. The van der Waals surface area contributed by atoms with E-state index in [9.17, 15) is 14.4 Å². The van der Waals surface area contributed by atoms with Gasteiger partial charge in [-0.2, -0.15) is 0 Å². The molecule has 1 aliphatic rings. The van der Waals surface area contributed by atoms with E-state index in [1.165, 1.54) is 30.6 Å². The first-order chi connectivity index (χ1) is 28.5. The molecule has 2 heterocycles. The van der Waals surface area contributed by atoms with E-state index in [0.717, 1.165) is 67.5 Å². The maximum Gasteiger partial charge on any atom is 0.344 e. The highest BCUT2D eigenvalue weighted by molar-refractivity contribution is 7.22. The SMILES string of the molecule is O=C(Oc1ccc(-c2sc3cc(OC(=O)c4cccc5ccccc45)ccc3c2C(=O)c2ccc(OCCN3CCCCC3)cc2)cc1)c1cccc2ccccc12. The molecule has 0 radical (unpaired) electrons. The van der Waals surface area contributed by atoms with Gasteiger partial charge in [0.25, 0.3) is 0 Å². The van der Waals surface area contributed by atoms with Crippen LogP contribution in [0.3, 0.4) is 0 Å². The van der Waals surface area contributed by atoms with Crippen molar-refractivity contribution >= 4 is 60.7 Å². The Morgan fingerprint density at radius 3 is 1.78 bits per heavy atom. The molecule has 7 aromatic carbocycles. The van der Waals surface area contributed by atoms with Crippen LogP contribution in [-0.2, 0) is 0 Å². The second-order valence-electron chi connectivity index (χ2n) is 14.4. The lowest BCUT2D eigenvalue weighted by molar-refractivity contribution is 0.0727. The summed E-state index contributed by atoms with van der Waals surface area (Å²) in [6.45, 7) is 3.69. The molecule has 0 bridgehead atoms. The van der Waals surface area contributed by atoms with E-state index in [2.05, 4.69) is 4.90 Å². The van der Waals surface area contributed by atoms with E-state index in [1.807, 2.05) is 121 Å². The van der Waals surface area contributed by atoms with Crippen LogP contribution in [0.4, 0.5) is 0 Å². The summed E-state index contributed by atoms with van der Waals surface area (Å²) in [4.78, 5) is 44.4. The van der Waals surface area contributed by atoms with Crippen molar-refractivity contribution in [2.75, 3.05) is 26.2 Å². The van der Waals surface area contributed by atoms with Crippen molar-refractivity contribution < 1.29 is 28.6 Å². The van der Waals surface area contributed by atoms with Crippen molar-refractivity contribution in [2.45, 2.75) is 19.3 Å². The number of ether oxygens (including phenoxy) is 3. The fourth-order valence-corrected chi connectivity index (χ4v) is 8.93. The Morgan fingerprint density at radius 2 is 1.12 bits per heavy atom. The highest BCUT2D eigenvalue weighted by Gasteiger charge is 2.23. The molecule has 8 heteroatoms. The molecule has 8 aromatic rings. The first-order valence-corrected chi connectivity index (χ1v) is 20.4. The van der Waals surface area contributed by atoms with E-state index in [4.69, 9.17) is 14.2 Å². The van der Waals surface area contributed by atoms with Gasteiger partial charge in [0.05, 0.1) is 11.1 Å². The van der Waals surface area contributed by atoms with Crippen LogP contribution in [0.15, 0.2) is 152 Å². The van der Waals surface area contributed by atoms with E-state index >= 15 is 0 Å². The quantitative estimate of drug-likeness (QED) is 0.0734. The van der Waals surface area contributed by atoms with Gasteiger partial charge in [0, 0.05) is 32.6 Å². The largest absolute Gasteiger partial charge is 0.492 e. The Kier molecular flexibility index (Phi) is 10.5. The third-order valence-electron chi connectivity index (χ3n) is 10.7. The molecule has 7 nitrogen and oxygen atoms in total. The molecule has 0 unspecified atom stereocenters. The van der Waals surface area contributed by atoms with E-state index < -0.39 is 11.9 Å². The summed E-state index contributed by atoms with van der Waals surface area (Å²) < 4.78 is 18.6. The van der Waals surface area contributed by atoms with Crippen molar-refractivity contribution in [3.8, 4) is 27.7 Å². The summed E-state index contributed by atoms with van der Waals surface area (Å²) in [7, 11) is 0. The lowest BCUT2D eigenvalue weighted by Crippen LogP contribution is -2.33. The molecule has 0 saturated carbocycles. The number of carbonyl (C=O) groups excluding carboxylic acids is 3. The van der Waals surface area contributed by atoms with Gasteiger partial charge in [-0.05, 0) is 132 Å². The predicted octanol–water partition coefficient (Wildman–Crippen LogP) is 11.4. The second-order valence-corrected chi connectivity index (χ2v) is 15.5. The molecular formula is C50H39NO6S. The average molecular weight is 782 g/mol. The van der Waals surface area contributed by atoms with Gasteiger partial charge in [-0.25, -0.2) is 9.59 Å². The number of benzene rings is 7. The van der Waals surface area contributed by atoms with Crippen molar-refractivity contribution in [1.29, 1.82) is 0 Å². The summed E-state index contributed by atoms with van der Waals surface area (Å²) in [6.07, 6.45) is 3.76. The third-order valence-corrected chi connectivity index (χ3v) is 11.9. The number of thiophene rings is 1. The van der Waals surface area contributed by atoms with E-state index in [-0.39, 0.29) is 5.78 Å². The molecule has 0 amide bonds. The number of esters is 2. The minimum Gasteiger partial charge on any atom is -0.492 e. The molecule has 58 heavy (non-hydrogen) atoms. The van der Waals surface area contributed by atoms with E-state index in [0.29, 0.717) is 40.4 Å². The summed E-state index contributed by atoms with van der Waals surface area (Å²) in [5, 5.41) is 4.27. The number of ketones is 1. The average Bonchev–Trinajstić information content (AvgIpc) is 3.65. The van der Waals surface area contributed by atoms with E-state index in [1.54, 1.807) is 30.3 Å². The molecule has 1 aromatic heterocycles. The number of hydrogen-bond donors (Lipinski definition) is 0. The Hall–Kier alpha value is -6.61. The lowest BCUT2D eigenvalue weighted by atomic mass is 9.97. The summed E-state index contributed by atoms with van der Waals surface area (Å²) in [5.41, 5.74) is 2.79. The van der Waals surface area contributed by atoms with Gasteiger partial charge in [-0.1, -0.05) is 79.2 Å². The number of nitrogens with zero attached hydrogens (tertiary/aromatic N) is 1. The summed E-state index contributed by atoms with van der Waals surface area (Å²) in [5.74, 6) is 0.416. The van der Waals surface area contributed by atoms with Gasteiger partial charge in [0.2, 0.25) is 0 Å². The second kappa shape index (κ2) is 16.5. The number of rotatable bonds is 11. The monoisotopic (exact) mass is 781 g/mol. The van der Waals surface area contributed by atoms with Gasteiger partial charge in [0.15, 0.2) is 5.78 Å². The normalized spacial score (nSPS) is 13.1. The number of piperidine rings is 1. The smallest absolute Gasteiger partial charge is 0.344 e. The lowest BCUT2D eigenvalue weighted by Gasteiger charge is -2.26. The number of carbonyl (C=O) groups is 3. The van der Waals surface area contributed by atoms with Crippen molar-refractivity contribution in [3.05, 3.63) is 174 Å². The first-order valence-electron chi connectivity index (χ1n) is 19.6. The predicted molar refractivity (Wildman–Crippen MR) is 231 cm³/mol. The Labute approximate surface area is 340 Å². The Morgan fingerprint density at radius 1 is 0.552 bits per heavy atom. The van der Waals surface area contributed by atoms with Crippen LogP contribution < -0.4 is 14.2 Å². The maximum atomic E-state index is 14.5. The first kappa shape index (κ1) is 37.0. The topological polar surface area (TPSA) is 82.1 Å². The maximum absolute atomic E-state index is 14.5. The zero-order valence-electron chi connectivity index (χ0n) is 31.7. The van der Waals surface area contributed by atoms with Crippen molar-refractivity contribution in [3.63, 3.8) is 0 Å². The highest BCUT2D eigenvalue weighted by atomic mass is 32.1. The van der Waals surface area contributed by atoms with Gasteiger partial charge in [-0.3, -0.25) is 9.69 Å². The standard InChI is InChI=1S/C50H39NO6S/c52-47(35-18-22-37(23-19-35)55-31-30-51-28-6-1-7-29-51)46-44-27-26-39(57-50(54)43-17-9-13-34-11-3-5-15-41(34)43)32-45(44)58-48(46)36-20-24-38(25-21-36)56-49(53)42-16-8-12-33-10-2-4-14-40(33)42/h2-5,8-27,32H,1,6-7,28-31H2. The van der Waals surface area contributed by atoms with Crippen LogP contribution in [-0.4, -0.2) is 48.9 Å². The van der Waals surface area contributed by atoms with Crippen LogP contribution in [0.2, 0.25) is 0 Å². The van der Waals surface area contributed by atoms with Gasteiger partial charge in [0.1, 0.15) is 23.9 Å². The van der Waals surface area contributed by atoms with Gasteiger partial charge >= 0.3 is 11.9 Å². The molecule has 1 saturated heterocycles. The summed E-state index contributed by atoms with van der Waals surface area (Å²) >= 11 is 1.44. The third kappa shape index (κ3) is 7.72. The number of likely N-dealkylation sites (tertiary alicyclic amines) is 1. The Balaban J connectivity index is 1.01. The molecule has 9 rings (SSSR count). The van der Waals surface area contributed by atoms with Gasteiger partial charge in [-0.15, -0.1) is 11.3 Å². The zero-order valence-corrected chi connectivity index (χ0v) is 32.5. The van der Waals surface area contributed by atoms with Crippen LogP contribution in [0, 0.1) is 0 Å². The molecule has 0 spiro atoms. The number of fused-ring (bicyclic) bond motifs is 3. The van der Waals surface area contributed by atoms with Gasteiger partial charge < -0.3 is 14.2 Å².